The average molecular weight is 352 g/mol. The van der Waals surface area contributed by atoms with E-state index in [9.17, 15) is 4.79 Å². The van der Waals surface area contributed by atoms with Crippen molar-refractivity contribution in [2.45, 2.75) is 38.0 Å². The fourth-order valence-electron chi connectivity index (χ4n) is 2.96. The SMILES string of the molecule is CC(C)c1ccc(NC(=O)C2(c3cc(-c4cccs4)on3)CC2)cc1. The second-order valence-electron chi connectivity index (χ2n) is 6.87. The lowest BCUT2D eigenvalue weighted by Gasteiger charge is -2.13. The average Bonchev–Trinajstić information content (AvgIpc) is 3.02. The quantitative estimate of drug-likeness (QED) is 0.687. The van der Waals surface area contributed by atoms with Crippen molar-refractivity contribution >= 4 is 22.9 Å². The monoisotopic (exact) mass is 352 g/mol. The predicted molar refractivity (Wildman–Crippen MR) is 99.9 cm³/mol. The van der Waals surface area contributed by atoms with Crippen LogP contribution in [0.1, 0.15) is 43.9 Å². The Hall–Kier alpha value is -2.40. The van der Waals surface area contributed by atoms with Gasteiger partial charge in [0.15, 0.2) is 5.76 Å². The lowest BCUT2D eigenvalue weighted by Crippen LogP contribution is -2.28. The molecule has 2 aromatic heterocycles. The maximum absolute atomic E-state index is 12.8. The predicted octanol–water partition coefficient (Wildman–Crippen LogP) is 5.20. The molecule has 0 bridgehead atoms. The van der Waals surface area contributed by atoms with Crippen LogP contribution in [-0.4, -0.2) is 11.1 Å². The second kappa shape index (κ2) is 6.15. The van der Waals surface area contributed by atoms with E-state index in [1.165, 1.54) is 5.56 Å². The number of thiophene rings is 1. The summed E-state index contributed by atoms with van der Waals surface area (Å²) in [6, 6.07) is 13.9. The molecule has 0 unspecified atom stereocenters. The van der Waals surface area contributed by atoms with Crippen molar-refractivity contribution in [3.05, 3.63) is 59.1 Å². The molecule has 1 aliphatic carbocycles. The molecule has 1 N–H and O–H groups in total. The fourth-order valence-corrected chi connectivity index (χ4v) is 3.64. The molecular weight excluding hydrogens is 332 g/mol. The lowest BCUT2D eigenvalue weighted by atomic mass is 10.00. The van der Waals surface area contributed by atoms with Crippen molar-refractivity contribution in [1.29, 1.82) is 0 Å². The second-order valence-corrected chi connectivity index (χ2v) is 7.81. The number of benzene rings is 1. The van der Waals surface area contributed by atoms with E-state index < -0.39 is 5.41 Å². The zero-order valence-electron chi connectivity index (χ0n) is 14.3. The highest BCUT2D eigenvalue weighted by molar-refractivity contribution is 7.13. The van der Waals surface area contributed by atoms with E-state index in [1.807, 2.05) is 35.7 Å². The lowest BCUT2D eigenvalue weighted by molar-refractivity contribution is -0.118. The van der Waals surface area contributed by atoms with Gasteiger partial charge in [-0.25, -0.2) is 0 Å². The van der Waals surface area contributed by atoms with E-state index in [1.54, 1.807) is 11.3 Å². The number of rotatable bonds is 5. The van der Waals surface area contributed by atoms with Crippen molar-refractivity contribution in [3.8, 4) is 10.6 Å². The van der Waals surface area contributed by atoms with Gasteiger partial charge in [-0.1, -0.05) is 37.2 Å². The molecule has 0 atom stereocenters. The molecule has 1 aliphatic rings. The summed E-state index contributed by atoms with van der Waals surface area (Å²) in [5, 5.41) is 9.21. The minimum absolute atomic E-state index is 0.00386. The molecule has 0 radical (unpaired) electrons. The Labute approximate surface area is 150 Å². The van der Waals surface area contributed by atoms with Gasteiger partial charge in [-0.15, -0.1) is 11.3 Å². The summed E-state index contributed by atoms with van der Waals surface area (Å²) in [6.07, 6.45) is 1.61. The Bertz CT molecular complexity index is 875. The molecule has 5 heteroatoms. The number of hydrogen-bond acceptors (Lipinski definition) is 4. The number of amides is 1. The van der Waals surface area contributed by atoms with Gasteiger partial charge in [-0.05, 0) is 47.9 Å². The Morgan fingerprint density at radius 3 is 2.60 bits per heavy atom. The fraction of sp³-hybridized carbons (Fsp3) is 0.300. The highest BCUT2D eigenvalue weighted by Crippen LogP contribution is 2.49. The molecule has 1 amide bonds. The first kappa shape index (κ1) is 16.1. The molecule has 1 saturated carbocycles. The summed E-state index contributed by atoms with van der Waals surface area (Å²) in [4.78, 5) is 13.8. The van der Waals surface area contributed by atoms with E-state index >= 15 is 0 Å². The molecular formula is C20H20N2O2S. The van der Waals surface area contributed by atoms with Crippen molar-refractivity contribution in [3.63, 3.8) is 0 Å². The largest absolute Gasteiger partial charge is 0.355 e. The van der Waals surface area contributed by atoms with Crippen LogP contribution < -0.4 is 5.32 Å². The van der Waals surface area contributed by atoms with Crippen molar-refractivity contribution in [2.24, 2.45) is 0 Å². The molecule has 3 aromatic rings. The zero-order chi connectivity index (χ0) is 17.4. The summed E-state index contributed by atoms with van der Waals surface area (Å²) in [5.74, 6) is 1.20. The molecule has 4 nitrogen and oxygen atoms in total. The van der Waals surface area contributed by atoms with Crippen LogP contribution in [0.4, 0.5) is 5.69 Å². The molecule has 4 rings (SSSR count). The third kappa shape index (κ3) is 3.00. The Balaban J connectivity index is 1.51. The van der Waals surface area contributed by atoms with Gasteiger partial charge in [-0.3, -0.25) is 4.79 Å². The van der Waals surface area contributed by atoms with Crippen LogP contribution in [-0.2, 0) is 10.2 Å². The van der Waals surface area contributed by atoms with Gasteiger partial charge in [0.25, 0.3) is 0 Å². The van der Waals surface area contributed by atoms with Crippen LogP contribution in [0.3, 0.4) is 0 Å². The molecule has 1 fully saturated rings. The number of nitrogens with zero attached hydrogens (tertiary/aromatic N) is 1. The van der Waals surface area contributed by atoms with Gasteiger partial charge in [0.2, 0.25) is 5.91 Å². The maximum Gasteiger partial charge on any atom is 0.236 e. The normalized spacial score (nSPS) is 15.3. The van der Waals surface area contributed by atoms with E-state index in [0.29, 0.717) is 5.92 Å². The molecule has 2 heterocycles. The van der Waals surface area contributed by atoms with Crippen LogP contribution in [0.15, 0.2) is 52.4 Å². The van der Waals surface area contributed by atoms with Crippen molar-refractivity contribution in [1.82, 2.24) is 5.16 Å². The van der Waals surface area contributed by atoms with Gasteiger partial charge in [0, 0.05) is 11.8 Å². The number of nitrogens with one attached hydrogen (secondary N) is 1. The first-order chi connectivity index (χ1) is 12.1. The first-order valence-electron chi connectivity index (χ1n) is 8.51. The van der Waals surface area contributed by atoms with Crippen LogP contribution in [0, 0.1) is 0 Å². The summed E-state index contributed by atoms with van der Waals surface area (Å²) in [5.41, 5.74) is 2.27. The summed E-state index contributed by atoms with van der Waals surface area (Å²) < 4.78 is 5.46. The minimum atomic E-state index is -0.546. The van der Waals surface area contributed by atoms with Crippen LogP contribution in [0.25, 0.3) is 10.6 Å². The van der Waals surface area contributed by atoms with Gasteiger partial charge < -0.3 is 9.84 Å². The van der Waals surface area contributed by atoms with Crippen molar-refractivity contribution < 1.29 is 9.32 Å². The van der Waals surface area contributed by atoms with Crippen molar-refractivity contribution in [2.75, 3.05) is 5.32 Å². The smallest absolute Gasteiger partial charge is 0.236 e. The Morgan fingerprint density at radius 2 is 2.00 bits per heavy atom. The standard InChI is InChI=1S/C20H20N2O2S/c1-13(2)14-5-7-15(8-6-14)21-19(23)20(9-10-20)18-12-16(24-22-18)17-4-3-11-25-17/h3-8,11-13H,9-10H2,1-2H3,(H,21,23). The number of anilines is 1. The molecule has 1 aromatic carbocycles. The molecule has 0 aliphatic heterocycles. The number of hydrogen-bond donors (Lipinski definition) is 1. The molecule has 0 spiro atoms. The zero-order valence-corrected chi connectivity index (χ0v) is 15.1. The van der Waals surface area contributed by atoms with E-state index in [-0.39, 0.29) is 5.91 Å². The third-order valence-electron chi connectivity index (χ3n) is 4.78. The number of aromatic nitrogens is 1. The van der Waals surface area contributed by atoms with E-state index in [4.69, 9.17) is 4.52 Å². The number of carbonyl (C=O) groups is 1. The number of carbonyl (C=O) groups excluding carboxylic acids is 1. The van der Waals surface area contributed by atoms with Gasteiger partial charge >= 0.3 is 0 Å². The van der Waals surface area contributed by atoms with E-state index in [2.05, 4.69) is 36.5 Å². The minimum Gasteiger partial charge on any atom is -0.355 e. The van der Waals surface area contributed by atoms with Crippen LogP contribution >= 0.6 is 11.3 Å². The summed E-state index contributed by atoms with van der Waals surface area (Å²) in [7, 11) is 0. The summed E-state index contributed by atoms with van der Waals surface area (Å²) >= 11 is 1.60. The Kier molecular flexibility index (Phi) is 3.96. The van der Waals surface area contributed by atoms with Gasteiger partial charge in [0.05, 0.1) is 16.0 Å². The molecule has 0 saturated heterocycles. The topological polar surface area (TPSA) is 55.1 Å². The molecule has 25 heavy (non-hydrogen) atoms. The maximum atomic E-state index is 12.8. The first-order valence-corrected chi connectivity index (χ1v) is 9.39. The van der Waals surface area contributed by atoms with Crippen LogP contribution in [0.2, 0.25) is 0 Å². The highest BCUT2D eigenvalue weighted by Gasteiger charge is 2.53. The summed E-state index contributed by atoms with van der Waals surface area (Å²) in [6.45, 7) is 4.31. The van der Waals surface area contributed by atoms with Gasteiger partial charge in [0.1, 0.15) is 0 Å². The molecule has 128 valence electrons. The van der Waals surface area contributed by atoms with Gasteiger partial charge in [-0.2, -0.15) is 0 Å². The Morgan fingerprint density at radius 1 is 1.24 bits per heavy atom. The van der Waals surface area contributed by atoms with E-state index in [0.717, 1.165) is 34.9 Å². The highest BCUT2D eigenvalue weighted by atomic mass is 32.1. The third-order valence-corrected chi connectivity index (χ3v) is 5.67. The van der Waals surface area contributed by atoms with Crippen LogP contribution in [0.5, 0.6) is 0 Å².